The highest BCUT2D eigenvalue weighted by atomic mass is 35.7. The average Bonchev–Trinajstić information content (AvgIpc) is 2.73. The molecule has 0 aliphatic carbocycles. The Morgan fingerprint density at radius 2 is 2.06 bits per heavy atom. The zero-order valence-electron chi connectivity index (χ0n) is 9.50. The van der Waals surface area contributed by atoms with Gasteiger partial charge in [-0.15, -0.1) is 0 Å². The van der Waals surface area contributed by atoms with Gasteiger partial charge in [-0.25, -0.2) is 8.42 Å². The summed E-state index contributed by atoms with van der Waals surface area (Å²) in [6.45, 7) is 0.237. The van der Waals surface area contributed by atoms with Gasteiger partial charge < -0.3 is 9.47 Å². The predicted molar refractivity (Wildman–Crippen MR) is 73.2 cm³/mol. The van der Waals surface area contributed by atoms with E-state index in [4.69, 9.17) is 20.2 Å². The molecule has 0 bridgehead atoms. The molecule has 0 spiro atoms. The smallest absolute Gasteiger partial charge is 0.232 e. The van der Waals surface area contributed by atoms with Gasteiger partial charge in [0, 0.05) is 15.9 Å². The van der Waals surface area contributed by atoms with Crippen LogP contribution in [0.5, 0.6) is 11.5 Å². The molecular formula is C11H13ClO4S2. The van der Waals surface area contributed by atoms with Crippen molar-refractivity contribution in [1.29, 1.82) is 0 Å². The number of rotatable bonds is 5. The van der Waals surface area contributed by atoms with Gasteiger partial charge in [0.15, 0.2) is 11.5 Å². The van der Waals surface area contributed by atoms with Crippen LogP contribution >= 0.6 is 23.3 Å². The molecule has 100 valence electrons. The van der Waals surface area contributed by atoms with Gasteiger partial charge >= 0.3 is 0 Å². The summed E-state index contributed by atoms with van der Waals surface area (Å²) >= 11 is 4.46. The molecule has 1 unspecified atom stereocenters. The first-order valence-electron chi connectivity index (χ1n) is 5.46. The minimum atomic E-state index is -3.42. The fourth-order valence-corrected chi connectivity index (χ4v) is 2.92. The summed E-state index contributed by atoms with van der Waals surface area (Å²) < 4.78 is 32.1. The lowest BCUT2D eigenvalue weighted by Gasteiger charge is -2.11. The Balaban J connectivity index is 1.95. The van der Waals surface area contributed by atoms with Crippen LogP contribution in [0.15, 0.2) is 18.2 Å². The van der Waals surface area contributed by atoms with Gasteiger partial charge in [0.1, 0.15) is 0 Å². The van der Waals surface area contributed by atoms with Crippen molar-refractivity contribution in [2.75, 3.05) is 12.5 Å². The fraction of sp³-hybridized carbons (Fsp3) is 0.455. The molecule has 1 atom stereocenters. The van der Waals surface area contributed by atoms with Crippen molar-refractivity contribution in [2.45, 2.75) is 18.1 Å². The average molecular weight is 309 g/mol. The maximum absolute atomic E-state index is 10.8. The van der Waals surface area contributed by atoms with Crippen LogP contribution in [0.25, 0.3) is 0 Å². The number of benzene rings is 1. The molecule has 0 amide bonds. The Labute approximate surface area is 116 Å². The summed E-state index contributed by atoms with van der Waals surface area (Å²) in [5, 5.41) is -0.0436. The molecule has 2 rings (SSSR count). The zero-order valence-corrected chi connectivity index (χ0v) is 12.0. The van der Waals surface area contributed by atoms with Crippen molar-refractivity contribution < 1.29 is 17.9 Å². The molecule has 1 aromatic rings. The molecule has 0 aromatic heterocycles. The van der Waals surface area contributed by atoms with Crippen molar-refractivity contribution in [2.24, 2.45) is 0 Å². The van der Waals surface area contributed by atoms with Crippen LogP contribution in [0, 0.1) is 0 Å². The molecule has 18 heavy (non-hydrogen) atoms. The third-order valence-electron chi connectivity index (χ3n) is 2.65. The van der Waals surface area contributed by atoms with Gasteiger partial charge in [0.25, 0.3) is 0 Å². The van der Waals surface area contributed by atoms with Crippen LogP contribution < -0.4 is 9.47 Å². The van der Waals surface area contributed by atoms with E-state index in [1.165, 1.54) is 0 Å². The molecule has 0 saturated carbocycles. The first kappa shape index (κ1) is 13.8. The summed E-state index contributed by atoms with van der Waals surface area (Å²) in [5.74, 6) is 1.40. The molecular weight excluding hydrogens is 296 g/mol. The van der Waals surface area contributed by atoms with Crippen LogP contribution in [0.3, 0.4) is 0 Å². The monoisotopic (exact) mass is 308 g/mol. The second kappa shape index (κ2) is 5.59. The predicted octanol–water partition coefficient (Wildman–Crippen LogP) is 2.74. The van der Waals surface area contributed by atoms with Crippen LogP contribution in [-0.4, -0.2) is 21.0 Å². The van der Waals surface area contributed by atoms with Crippen molar-refractivity contribution in [3.05, 3.63) is 23.8 Å². The largest absolute Gasteiger partial charge is 0.454 e. The van der Waals surface area contributed by atoms with E-state index in [2.05, 4.69) is 12.6 Å². The van der Waals surface area contributed by atoms with E-state index in [1.807, 2.05) is 18.2 Å². The summed E-state index contributed by atoms with van der Waals surface area (Å²) in [7, 11) is 1.73. The quantitative estimate of drug-likeness (QED) is 0.671. The van der Waals surface area contributed by atoms with Crippen LogP contribution in [0.1, 0.15) is 23.7 Å². The SMILES string of the molecule is O=S(=O)(Cl)CCCC(S)c1ccc2c(c1)OCO2. The highest BCUT2D eigenvalue weighted by Crippen LogP contribution is 2.36. The summed E-state index contributed by atoms with van der Waals surface area (Å²) in [6.07, 6.45) is 1.11. The molecule has 1 heterocycles. The highest BCUT2D eigenvalue weighted by Gasteiger charge is 2.16. The van der Waals surface area contributed by atoms with Crippen LogP contribution in [-0.2, 0) is 9.05 Å². The zero-order chi connectivity index (χ0) is 13.2. The second-order valence-corrected chi connectivity index (χ2v) is 7.53. The topological polar surface area (TPSA) is 52.6 Å². The molecule has 4 nitrogen and oxygen atoms in total. The molecule has 0 fully saturated rings. The minimum Gasteiger partial charge on any atom is -0.454 e. The molecule has 0 radical (unpaired) electrons. The maximum atomic E-state index is 10.8. The van der Waals surface area contributed by atoms with Crippen molar-refractivity contribution in [3.8, 4) is 11.5 Å². The van der Waals surface area contributed by atoms with E-state index in [9.17, 15) is 8.42 Å². The Kier molecular flexibility index (Phi) is 4.29. The van der Waals surface area contributed by atoms with Crippen molar-refractivity contribution >= 4 is 32.4 Å². The molecule has 1 aromatic carbocycles. The van der Waals surface area contributed by atoms with E-state index in [0.717, 1.165) is 11.3 Å². The van der Waals surface area contributed by atoms with Gasteiger partial charge in [-0.05, 0) is 30.5 Å². The number of ether oxygens (including phenoxy) is 2. The van der Waals surface area contributed by atoms with Gasteiger partial charge in [0.2, 0.25) is 15.8 Å². The molecule has 0 N–H and O–H groups in total. The Hall–Kier alpha value is -0.590. The lowest BCUT2D eigenvalue weighted by Crippen LogP contribution is -1.99. The molecule has 7 heteroatoms. The van der Waals surface area contributed by atoms with Crippen LogP contribution in [0.2, 0.25) is 0 Å². The van der Waals surface area contributed by atoms with E-state index in [-0.39, 0.29) is 17.8 Å². The molecule has 1 aliphatic heterocycles. The summed E-state index contributed by atoms with van der Waals surface area (Å²) in [5.41, 5.74) is 0.981. The summed E-state index contributed by atoms with van der Waals surface area (Å²) in [6, 6.07) is 5.61. The fourth-order valence-electron chi connectivity index (χ4n) is 1.74. The molecule has 0 saturated heterocycles. The van der Waals surface area contributed by atoms with Crippen molar-refractivity contribution in [1.82, 2.24) is 0 Å². The first-order chi connectivity index (χ1) is 8.46. The van der Waals surface area contributed by atoms with E-state index >= 15 is 0 Å². The minimum absolute atomic E-state index is 0.0316. The van der Waals surface area contributed by atoms with Gasteiger partial charge in [-0.1, -0.05) is 6.07 Å². The number of fused-ring (bicyclic) bond motifs is 1. The number of halogens is 1. The maximum Gasteiger partial charge on any atom is 0.232 e. The third kappa shape index (κ3) is 3.70. The van der Waals surface area contributed by atoms with Gasteiger partial charge in [-0.3, -0.25) is 0 Å². The number of thiol groups is 1. The number of hydrogen-bond acceptors (Lipinski definition) is 5. The number of hydrogen-bond donors (Lipinski definition) is 1. The summed E-state index contributed by atoms with van der Waals surface area (Å²) in [4.78, 5) is 0. The Morgan fingerprint density at radius 3 is 2.78 bits per heavy atom. The van der Waals surface area contributed by atoms with Crippen LogP contribution in [0.4, 0.5) is 0 Å². The standard InChI is InChI=1S/C11H13ClO4S2/c12-18(13,14)5-1-2-11(17)8-3-4-9-10(6-8)16-7-15-9/h3-4,6,11,17H,1-2,5,7H2. The third-order valence-corrected chi connectivity index (χ3v) is 4.44. The highest BCUT2D eigenvalue weighted by molar-refractivity contribution is 8.13. The Bertz CT molecular complexity index is 530. The Morgan fingerprint density at radius 1 is 1.33 bits per heavy atom. The normalized spacial score (nSPS) is 15.7. The second-order valence-electron chi connectivity index (χ2n) is 4.01. The van der Waals surface area contributed by atoms with Gasteiger partial charge in [-0.2, -0.15) is 12.6 Å². The first-order valence-corrected chi connectivity index (χ1v) is 8.45. The van der Waals surface area contributed by atoms with E-state index in [0.29, 0.717) is 18.6 Å². The van der Waals surface area contributed by atoms with Crippen molar-refractivity contribution in [3.63, 3.8) is 0 Å². The van der Waals surface area contributed by atoms with E-state index < -0.39 is 9.05 Å². The lowest BCUT2D eigenvalue weighted by atomic mass is 10.1. The van der Waals surface area contributed by atoms with Gasteiger partial charge in [0.05, 0.1) is 5.75 Å². The lowest BCUT2D eigenvalue weighted by molar-refractivity contribution is 0.174. The van der Waals surface area contributed by atoms with E-state index in [1.54, 1.807) is 0 Å². The molecule has 1 aliphatic rings.